The second kappa shape index (κ2) is 2.10. The van der Waals surface area contributed by atoms with E-state index in [0.717, 1.165) is 11.3 Å². The highest BCUT2D eigenvalue weighted by Crippen LogP contribution is 2.21. The summed E-state index contributed by atoms with van der Waals surface area (Å²) in [4.78, 5) is 4.88. The molecule has 0 amide bonds. The lowest BCUT2D eigenvalue weighted by Gasteiger charge is -2.06. The standard InChI is InChI=1S/C7H6N2O/c1-2-4-7-6(3-1)5-8-9-10-7/h1-4H,5H2. The second-order valence-electron chi connectivity index (χ2n) is 2.08. The van der Waals surface area contributed by atoms with E-state index in [0.29, 0.717) is 6.54 Å². The topological polar surface area (TPSA) is 34.0 Å². The van der Waals surface area contributed by atoms with E-state index in [1.165, 1.54) is 0 Å². The van der Waals surface area contributed by atoms with E-state index in [2.05, 4.69) is 10.4 Å². The van der Waals surface area contributed by atoms with Crippen LogP contribution >= 0.6 is 0 Å². The molecule has 0 radical (unpaired) electrons. The molecular weight excluding hydrogens is 128 g/mol. The first-order valence-corrected chi connectivity index (χ1v) is 3.08. The Morgan fingerprint density at radius 3 is 3.10 bits per heavy atom. The largest absolute Gasteiger partial charge is 0.339 e. The molecule has 50 valence electrons. The van der Waals surface area contributed by atoms with Crippen LogP contribution in [0.3, 0.4) is 0 Å². The number of fused-ring (bicyclic) bond motifs is 1. The van der Waals surface area contributed by atoms with Gasteiger partial charge in [-0.2, -0.15) is 0 Å². The molecule has 0 aliphatic carbocycles. The minimum Gasteiger partial charge on any atom is -0.339 e. The van der Waals surface area contributed by atoms with Crippen molar-refractivity contribution in [3.8, 4) is 5.75 Å². The van der Waals surface area contributed by atoms with E-state index >= 15 is 0 Å². The molecule has 0 unspecified atom stereocenters. The first-order chi connectivity index (χ1) is 4.97. The van der Waals surface area contributed by atoms with E-state index in [9.17, 15) is 0 Å². The van der Waals surface area contributed by atoms with Crippen molar-refractivity contribution in [3.63, 3.8) is 0 Å². The Labute approximate surface area is 58.3 Å². The molecule has 3 nitrogen and oxygen atoms in total. The van der Waals surface area contributed by atoms with E-state index < -0.39 is 0 Å². The van der Waals surface area contributed by atoms with Crippen LogP contribution in [0.4, 0.5) is 0 Å². The number of nitrogens with zero attached hydrogens (tertiary/aromatic N) is 2. The second-order valence-corrected chi connectivity index (χ2v) is 2.08. The van der Waals surface area contributed by atoms with Gasteiger partial charge in [0.1, 0.15) is 0 Å². The summed E-state index contributed by atoms with van der Waals surface area (Å²) in [6, 6.07) is 7.74. The first-order valence-electron chi connectivity index (χ1n) is 3.08. The molecule has 1 aromatic carbocycles. The van der Waals surface area contributed by atoms with Crippen molar-refractivity contribution in [2.75, 3.05) is 0 Å². The molecule has 1 aliphatic rings. The molecule has 1 aliphatic heterocycles. The average Bonchev–Trinajstić information content (AvgIpc) is 2.05. The highest BCUT2D eigenvalue weighted by molar-refractivity contribution is 5.33. The van der Waals surface area contributed by atoms with Gasteiger partial charge < -0.3 is 4.84 Å². The van der Waals surface area contributed by atoms with Crippen molar-refractivity contribution < 1.29 is 4.84 Å². The normalized spacial score (nSPS) is 14.0. The predicted octanol–water partition coefficient (Wildman–Crippen LogP) is 1.95. The molecule has 0 atom stereocenters. The van der Waals surface area contributed by atoms with Crippen molar-refractivity contribution in [1.29, 1.82) is 0 Å². The van der Waals surface area contributed by atoms with Gasteiger partial charge in [0.05, 0.1) is 6.54 Å². The van der Waals surface area contributed by atoms with Crippen LogP contribution < -0.4 is 4.84 Å². The van der Waals surface area contributed by atoms with Crippen molar-refractivity contribution in [1.82, 2.24) is 0 Å². The zero-order valence-electron chi connectivity index (χ0n) is 5.32. The highest BCUT2D eigenvalue weighted by Gasteiger charge is 2.05. The fraction of sp³-hybridized carbons (Fsp3) is 0.143. The monoisotopic (exact) mass is 134 g/mol. The Morgan fingerprint density at radius 2 is 2.20 bits per heavy atom. The Morgan fingerprint density at radius 1 is 1.30 bits per heavy atom. The fourth-order valence-corrected chi connectivity index (χ4v) is 0.901. The molecular formula is C7H6N2O. The van der Waals surface area contributed by atoms with Crippen LogP contribution in [0.15, 0.2) is 34.7 Å². The third-order valence-electron chi connectivity index (χ3n) is 1.41. The zero-order chi connectivity index (χ0) is 6.81. The van der Waals surface area contributed by atoms with Gasteiger partial charge >= 0.3 is 0 Å². The molecule has 0 spiro atoms. The quantitative estimate of drug-likeness (QED) is 0.533. The Bertz CT molecular complexity index is 243. The molecule has 0 saturated carbocycles. The minimum absolute atomic E-state index is 0.635. The van der Waals surface area contributed by atoms with Crippen LogP contribution in [0.5, 0.6) is 5.75 Å². The van der Waals surface area contributed by atoms with Crippen LogP contribution in [-0.4, -0.2) is 0 Å². The molecule has 0 N–H and O–H groups in total. The van der Waals surface area contributed by atoms with Gasteiger partial charge in [0.15, 0.2) is 5.75 Å². The summed E-state index contributed by atoms with van der Waals surface area (Å²) < 4.78 is 0. The zero-order valence-corrected chi connectivity index (χ0v) is 5.32. The molecule has 10 heavy (non-hydrogen) atoms. The SMILES string of the molecule is c1ccc2c(c1)CN=NO2. The summed E-state index contributed by atoms with van der Waals surface area (Å²) in [7, 11) is 0. The Kier molecular flexibility index (Phi) is 1.13. The molecule has 0 aromatic heterocycles. The summed E-state index contributed by atoms with van der Waals surface area (Å²) in [5.74, 6) is 0.817. The molecule has 3 heteroatoms. The summed E-state index contributed by atoms with van der Waals surface area (Å²) in [6.45, 7) is 0.635. The van der Waals surface area contributed by atoms with Crippen molar-refractivity contribution in [2.45, 2.75) is 6.54 Å². The van der Waals surface area contributed by atoms with Crippen LogP contribution in [0.25, 0.3) is 0 Å². The summed E-state index contributed by atoms with van der Waals surface area (Å²) >= 11 is 0. The molecule has 0 fully saturated rings. The average molecular weight is 134 g/mol. The van der Waals surface area contributed by atoms with E-state index in [-0.39, 0.29) is 0 Å². The maximum atomic E-state index is 4.88. The molecule has 0 saturated heterocycles. The fourth-order valence-electron chi connectivity index (χ4n) is 0.901. The lowest BCUT2D eigenvalue weighted by atomic mass is 10.2. The van der Waals surface area contributed by atoms with Gasteiger partial charge in [0.25, 0.3) is 0 Å². The third-order valence-corrected chi connectivity index (χ3v) is 1.41. The summed E-state index contributed by atoms with van der Waals surface area (Å²) in [5, 5.41) is 7.16. The smallest absolute Gasteiger partial charge is 0.165 e. The Balaban J connectivity index is 2.47. The number of rotatable bonds is 0. The van der Waals surface area contributed by atoms with Gasteiger partial charge in [-0.05, 0) is 6.07 Å². The van der Waals surface area contributed by atoms with Crippen molar-refractivity contribution in [2.24, 2.45) is 10.4 Å². The lowest BCUT2D eigenvalue weighted by molar-refractivity contribution is 0.285. The van der Waals surface area contributed by atoms with E-state index in [4.69, 9.17) is 4.84 Å². The molecule has 1 aromatic rings. The predicted molar refractivity (Wildman–Crippen MR) is 35.6 cm³/mol. The van der Waals surface area contributed by atoms with E-state index in [1.54, 1.807) is 0 Å². The summed E-state index contributed by atoms with van der Waals surface area (Å²) in [5.41, 5.74) is 1.09. The van der Waals surface area contributed by atoms with Crippen LogP contribution in [0.1, 0.15) is 5.56 Å². The van der Waals surface area contributed by atoms with Gasteiger partial charge in [0, 0.05) is 10.8 Å². The number of para-hydroxylation sites is 1. The van der Waals surface area contributed by atoms with Gasteiger partial charge in [-0.1, -0.05) is 18.2 Å². The summed E-state index contributed by atoms with van der Waals surface area (Å²) in [6.07, 6.45) is 0. The lowest BCUT2D eigenvalue weighted by Crippen LogP contribution is -1.93. The van der Waals surface area contributed by atoms with Gasteiger partial charge in [0.2, 0.25) is 0 Å². The molecule has 1 heterocycles. The number of benzene rings is 1. The first kappa shape index (κ1) is 5.41. The van der Waals surface area contributed by atoms with Gasteiger partial charge in [-0.25, -0.2) is 0 Å². The van der Waals surface area contributed by atoms with Crippen LogP contribution in [-0.2, 0) is 6.54 Å². The third kappa shape index (κ3) is 0.757. The van der Waals surface area contributed by atoms with Crippen molar-refractivity contribution in [3.05, 3.63) is 29.8 Å². The maximum absolute atomic E-state index is 4.88. The van der Waals surface area contributed by atoms with Gasteiger partial charge in [-0.15, -0.1) is 5.11 Å². The highest BCUT2D eigenvalue weighted by atomic mass is 16.6. The molecule has 2 rings (SSSR count). The van der Waals surface area contributed by atoms with E-state index in [1.807, 2.05) is 24.3 Å². The van der Waals surface area contributed by atoms with Crippen molar-refractivity contribution >= 4 is 0 Å². The molecule has 0 bridgehead atoms. The van der Waals surface area contributed by atoms with Crippen LogP contribution in [0.2, 0.25) is 0 Å². The minimum atomic E-state index is 0.635. The Hall–Kier alpha value is -1.38. The van der Waals surface area contributed by atoms with Crippen LogP contribution in [0, 0.1) is 0 Å². The van der Waals surface area contributed by atoms with Gasteiger partial charge in [-0.3, -0.25) is 0 Å². The number of hydrogen-bond acceptors (Lipinski definition) is 3. The maximum Gasteiger partial charge on any atom is 0.165 e. The number of hydrogen-bond donors (Lipinski definition) is 0.